The van der Waals surface area contributed by atoms with E-state index in [1.54, 1.807) is 4.57 Å². The van der Waals surface area contributed by atoms with E-state index in [-0.39, 0.29) is 35.8 Å². The molecule has 13 nitrogen and oxygen atoms in total. The quantitative estimate of drug-likeness (QED) is 0.180. The Morgan fingerprint density at radius 2 is 1.95 bits per heavy atom. The first-order valence-corrected chi connectivity index (χ1v) is 15.8. The van der Waals surface area contributed by atoms with Crippen LogP contribution in [0, 0.1) is 6.92 Å². The number of carbonyl (C=O) groups is 1. The van der Waals surface area contributed by atoms with E-state index in [4.69, 9.17) is 14.7 Å². The van der Waals surface area contributed by atoms with Crippen LogP contribution >= 0.6 is 0 Å². The average Bonchev–Trinajstić information content (AvgIpc) is 3.80. The van der Waals surface area contributed by atoms with Crippen molar-refractivity contribution in [3.63, 3.8) is 0 Å². The zero-order valence-corrected chi connectivity index (χ0v) is 26.0. The fraction of sp³-hybridized carbons (Fsp3) is 0.448. The van der Waals surface area contributed by atoms with Gasteiger partial charge >= 0.3 is 5.97 Å². The van der Waals surface area contributed by atoms with Gasteiger partial charge in [-0.05, 0) is 58.9 Å². The van der Waals surface area contributed by atoms with Crippen LogP contribution in [0.15, 0.2) is 38.9 Å². The molecule has 0 radical (unpaired) electrons. The van der Waals surface area contributed by atoms with Gasteiger partial charge in [-0.2, -0.15) is 0 Å². The van der Waals surface area contributed by atoms with Crippen molar-refractivity contribution in [2.45, 2.75) is 72.4 Å². The van der Waals surface area contributed by atoms with Gasteiger partial charge in [0.05, 0.1) is 29.2 Å². The molecular weight excluding hydrogens is 572 g/mol. The molecule has 43 heavy (non-hydrogen) atoms. The van der Waals surface area contributed by atoms with Gasteiger partial charge in [-0.1, -0.05) is 6.92 Å². The number of fused-ring (bicyclic) bond motifs is 1. The summed E-state index contributed by atoms with van der Waals surface area (Å²) in [6.07, 6.45) is 8.20. The number of aromatic nitrogens is 6. The molecule has 3 heterocycles. The van der Waals surface area contributed by atoms with Gasteiger partial charge in [0.25, 0.3) is 5.56 Å². The van der Waals surface area contributed by atoms with Gasteiger partial charge in [0.1, 0.15) is 24.1 Å². The first-order valence-electron chi connectivity index (χ1n) is 13.9. The lowest BCUT2D eigenvalue weighted by molar-refractivity contribution is -0.142. The van der Waals surface area contributed by atoms with Crippen molar-refractivity contribution in [1.29, 1.82) is 0 Å². The van der Waals surface area contributed by atoms with Crippen molar-refractivity contribution in [2.24, 2.45) is 4.99 Å². The second-order valence-electron chi connectivity index (χ2n) is 10.6. The van der Waals surface area contributed by atoms with Crippen molar-refractivity contribution >= 4 is 39.5 Å². The lowest BCUT2D eigenvalue weighted by Gasteiger charge is -2.19. The molecule has 0 saturated heterocycles. The summed E-state index contributed by atoms with van der Waals surface area (Å²) in [4.78, 5) is 52.9. The zero-order valence-electron chi connectivity index (χ0n) is 25.2. The van der Waals surface area contributed by atoms with Crippen LogP contribution in [0.3, 0.4) is 0 Å². The fourth-order valence-electron chi connectivity index (χ4n) is 4.34. The predicted octanol–water partition coefficient (Wildman–Crippen LogP) is 3.81. The zero-order chi connectivity index (χ0) is 31.5. The maximum absolute atomic E-state index is 13.9. The average molecular weight is 609 g/mol. The van der Waals surface area contributed by atoms with Crippen LogP contribution in [0.5, 0.6) is 0 Å². The molecule has 1 aliphatic rings. The number of nitrogens with zero attached hydrogens (tertiary/aromatic N) is 7. The third-order valence-corrected chi connectivity index (χ3v) is 8.55. The Morgan fingerprint density at radius 3 is 2.56 bits per heavy atom. The third kappa shape index (κ3) is 7.19. The van der Waals surface area contributed by atoms with Gasteiger partial charge in [0.15, 0.2) is 27.1 Å². The molecule has 1 aliphatic carbocycles. The van der Waals surface area contributed by atoms with Crippen molar-refractivity contribution in [2.75, 3.05) is 18.1 Å². The lowest BCUT2D eigenvalue weighted by Crippen LogP contribution is -2.29. The molecule has 14 heteroatoms. The minimum atomic E-state index is -3.36. The highest BCUT2D eigenvalue weighted by Gasteiger charge is 2.31. The van der Waals surface area contributed by atoms with Crippen molar-refractivity contribution in [3.8, 4) is 11.4 Å². The summed E-state index contributed by atoms with van der Waals surface area (Å²) in [5.41, 5.74) is 3.14. The topological polar surface area (TPSA) is 171 Å². The van der Waals surface area contributed by atoms with Gasteiger partial charge in [-0.25, -0.2) is 33.3 Å². The van der Waals surface area contributed by atoms with Crippen LogP contribution in [0.1, 0.15) is 76.0 Å². The molecule has 1 fully saturated rings. The fourth-order valence-corrected chi connectivity index (χ4v) is 4.66. The first kappa shape index (κ1) is 31.6. The normalized spacial score (nSPS) is 14.9. The summed E-state index contributed by atoms with van der Waals surface area (Å²) in [6.45, 7) is 11.9. The Morgan fingerprint density at radius 1 is 1.23 bits per heavy atom. The maximum atomic E-state index is 13.9. The van der Waals surface area contributed by atoms with Gasteiger partial charge in [-0.3, -0.25) is 19.1 Å². The summed E-state index contributed by atoms with van der Waals surface area (Å²) in [6, 6.07) is -0.271. The van der Waals surface area contributed by atoms with E-state index in [0.717, 1.165) is 24.8 Å². The van der Waals surface area contributed by atoms with Crippen LogP contribution in [0.4, 0.5) is 5.82 Å². The molecule has 0 spiro atoms. The Kier molecular flexibility index (Phi) is 9.48. The predicted molar refractivity (Wildman–Crippen MR) is 165 cm³/mol. The van der Waals surface area contributed by atoms with E-state index in [9.17, 15) is 18.0 Å². The molecule has 3 aromatic heterocycles. The molecule has 228 valence electrons. The number of carbonyl (C=O) groups excluding carboxylic acids is 1. The van der Waals surface area contributed by atoms with Crippen LogP contribution in [0.2, 0.25) is 0 Å². The maximum Gasteiger partial charge on any atom is 0.303 e. The van der Waals surface area contributed by atoms with Crippen molar-refractivity contribution in [1.82, 2.24) is 29.5 Å². The largest absolute Gasteiger partial charge is 0.459 e. The molecule has 4 rings (SSSR count). The lowest BCUT2D eigenvalue weighted by atomic mass is 10.1. The highest BCUT2D eigenvalue weighted by Crippen LogP contribution is 2.43. The summed E-state index contributed by atoms with van der Waals surface area (Å²) < 4.78 is 30.4. The number of anilines is 1. The number of hydrogen-bond donors (Lipinski definition) is 1. The van der Waals surface area contributed by atoms with E-state index >= 15 is 0 Å². The minimum Gasteiger partial charge on any atom is -0.459 e. The number of rotatable bonds is 12. The van der Waals surface area contributed by atoms with Gasteiger partial charge < -0.3 is 10.1 Å². The summed E-state index contributed by atoms with van der Waals surface area (Å²) in [5.74, 6) is 0.127. The Hall–Kier alpha value is -4.33. The Labute approximate surface area is 250 Å². The molecule has 0 amide bonds. The number of hydrogen-bond acceptors (Lipinski definition) is 12. The molecule has 0 aliphatic heterocycles. The number of aliphatic imine (C=N–C) groups is 1. The monoisotopic (exact) mass is 608 g/mol. The number of aryl methyl sites for hydroxylation is 1. The molecule has 0 aromatic carbocycles. The number of sulfone groups is 1. The van der Waals surface area contributed by atoms with Crippen LogP contribution in [0.25, 0.3) is 22.6 Å². The van der Waals surface area contributed by atoms with Gasteiger partial charge in [0.2, 0.25) is 0 Å². The standard InChI is InChI=1S/C29H36N8O5S/c1-8-16(2)37-28-25(35-27(29(37)39)31-13-21(30-6)12-9-17(3)43(7,40)41)22(14-42-19(5)38)34-26(36-28)23-18(4)32-15-33-24(23)20-10-11-20/h9,12,15-16,20H,6,8,10-11,13-14H2,1-5,7H3,(H,31,35)/b17-9+,21-12-/t16-/m1/s1. The summed E-state index contributed by atoms with van der Waals surface area (Å²) in [5, 5.41) is 3.01. The summed E-state index contributed by atoms with van der Waals surface area (Å²) in [7, 11) is -3.36. The number of allylic oxidation sites excluding steroid dienone is 3. The molecule has 0 unspecified atom stereocenters. The number of ether oxygens (including phenoxy) is 1. The highest BCUT2D eigenvalue weighted by molar-refractivity contribution is 7.94. The van der Waals surface area contributed by atoms with Crippen LogP contribution < -0.4 is 10.9 Å². The molecule has 1 atom stereocenters. The first-order chi connectivity index (χ1) is 20.3. The number of nitrogens with one attached hydrogen (secondary N) is 1. The SMILES string of the molecule is C=N/C(=C\C=C(/C)S(C)(=O)=O)CNc1nc2c(COC(C)=O)nc(-c3c(C)ncnc3C3CC3)nc2n([C@H](C)CC)c1=O. The van der Waals surface area contributed by atoms with Gasteiger partial charge in [0, 0.05) is 30.0 Å². The van der Waals surface area contributed by atoms with E-state index in [1.807, 2.05) is 20.8 Å². The van der Waals surface area contributed by atoms with E-state index in [2.05, 4.69) is 32.0 Å². The second kappa shape index (κ2) is 12.9. The summed E-state index contributed by atoms with van der Waals surface area (Å²) >= 11 is 0. The number of esters is 1. The van der Waals surface area contributed by atoms with E-state index in [1.165, 1.54) is 32.3 Å². The van der Waals surface area contributed by atoms with Crippen LogP contribution in [-0.4, -0.2) is 63.4 Å². The van der Waals surface area contributed by atoms with Gasteiger partial charge in [-0.15, -0.1) is 0 Å². The van der Waals surface area contributed by atoms with Crippen LogP contribution in [-0.2, 0) is 26.0 Å². The molecule has 3 aromatic rings. The van der Waals surface area contributed by atoms with Crippen molar-refractivity contribution in [3.05, 3.63) is 56.5 Å². The Balaban J connectivity index is 1.90. The second-order valence-corrected chi connectivity index (χ2v) is 12.7. The third-order valence-electron chi connectivity index (χ3n) is 7.24. The molecular formula is C29H36N8O5S. The minimum absolute atomic E-state index is 0.00415. The highest BCUT2D eigenvalue weighted by atomic mass is 32.2. The molecule has 1 saturated carbocycles. The van der Waals surface area contributed by atoms with Crippen molar-refractivity contribution < 1.29 is 17.9 Å². The van der Waals surface area contributed by atoms with E-state index < -0.39 is 21.4 Å². The molecule has 0 bridgehead atoms. The molecule has 1 N–H and O–H groups in total. The smallest absolute Gasteiger partial charge is 0.303 e. The van der Waals surface area contributed by atoms with E-state index in [0.29, 0.717) is 46.1 Å². The Bertz CT molecular complexity index is 1810.